The van der Waals surface area contributed by atoms with Crippen LogP contribution in [0, 0.1) is 29.4 Å². The van der Waals surface area contributed by atoms with Gasteiger partial charge in [0, 0.05) is 5.41 Å². The summed E-state index contributed by atoms with van der Waals surface area (Å²) >= 11 is 0. The molecule has 24 heavy (non-hydrogen) atoms. The smallest absolute Gasteiger partial charge is 0.410 e. The van der Waals surface area contributed by atoms with Crippen molar-refractivity contribution < 1.29 is 31.1 Å². The quantitative estimate of drug-likeness (QED) is 0.610. The van der Waals surface area contributed by atoms with Gasteiger partial charge in [0.2, 0.25) is 5.82 Å². The standard InChI is InChI=1S/C17H16F6O/c1-9-3-4-10(12(19)11(9)18)24-17(22,23)16-7-5-15(2,6-8-16)13(20)14(16)21/h3-4H,5-8H2,1-2H3. The van der Waals surface area contributed by atoms with Crippen LogP contribution in [0.25, 0.3) is 0 Å². The highest BCUT2D eigenvalue weighted by atomic mass is 19.3. The molecule has 7 heteroatoms. The Morgan fingerprint density at radius 2 is 1.50 bits per heavy atom. The van der Waals surface area contributed by atoms with E-state index in [2.05, 4.69) is 4.74 Å². The van der Waals surface area contributed by atoms with Gasteiger partial charge in [0.1, 0.15) is 17.1 Å². The van der Waals surface area contributed by atoms with Gasteiger partial charge in [0.05, 0.1) is 0 Å². The van der Waals surface area contributed by atoms with Gasteiger partial charge in [-0.1, -0.05) is 13.0 Å². The van der Waals surface area contributed by atoms with E-state index in [0.29, 0.717) is 0 Å². The van der Waals surface area contributed by atoms with Crippen LogP contribution in [0.2, 0.25) is 0 Å². The molecule has 0 amide bonds. The number of hydrogen-bond donors (Lipinski definition) is 0. The number of hydrogen-bond acceptors (Lipinski definition) is 1. The van der Waals surface area contributed by atoms with E-state index in [1.165, 1.54) is 13.8 Å². The minimum atomic E-state index is -4.21. The molecule has 0 aliphatic heterocycles. The van der Waals surface area contributed by atoms with Crippen molar-refractivity contribution in [2.45, 2.75) is 45.6 Å². The van der Waals surface area contributed by atoms with E-state index in [4.69, 9.17) is 0 Å². The van der Waals surface area contributed by atoms with Crippen LogP contribution in [0.15, 0.2) is 23.8 Å². The molecular weight excluding hydrogens is 334 g/mol. The molecule has 1 fully saturated rings. The summed E-state index contributed by atoms with van der Waals surface area (Å²) in [6.45, 7) is 2.75. The van der Waals surface area contributed by atoms with E-state index in [-0.39, 0.29) is 31.2 Å². The molecule has 1 saturated carbocycles. The Hall–Kier alpha value is -1.66. The predicted octanol–water partition coefficient (Wildman–Crippen LogP) is 5.98. The van der Waals surface area contributed by atoms with E-state index in [1.54, 1.807) is 0 Å². The molecule has 1 nitrogen and oxygen atoms in total. The number of rotatable bonds is 3. The molecule has 3 aliphatic rings. The predicted molar refractivity (Wildman–Crippen MR) is 74.9 cm³/mol. The van der Waals surface area contributed by atoms with Crippen LogP contribution in [0.5, 0.6) is 5.75 Å². The van der Waals surface area contributed by atoms with Crippen LogP contribution in [0.1, 0.15) is 38.2 Å². The summed E-state index contributed by atoms with van der Waals surface area (Å²) in [6, 6.07) is 1.93. The molecule has 0 saturated heterocycles. The van der Waals surface area contributed by atoms with Gasteiger partial charge in [-0.05, 0) is 44.2 Å². The van der Waals surface area contributed by atoms with Crippen LogP contribution in [-0.4, -0.2) is 6.11 Å². The monoisotopic (exact) mass is 350 g/mol. The van der Waals surface area contributed by atoms with Gasteiger partial charge in [-0.15, -0.1) is 0 Å². The second-order valence-corrected chi connectivity index (χ2v) is 6.90. The third-order valence-corrected chi connectivity index (χ3v) is 5.39. The van der Waals surface area contributed by atoms with E-state index in [9.17, 15) is 26.3 Å². The average molecular weight is 350 g/mol. The molecule has 2 bridgehead atoms. The molecular formula is C17H16F6O. The minimum Gasteiger partial charge on any atom is -0.429 e. The lowest BCUT2D eigenvalue weighted by Gasteiger charge is -2.51. The molecule has 0 unspecified atom stereocenters. The van der Waals surface area contributed by atoms with Crippen LogP contribution in [-0.2, 0) is 0 Å². The van der Waals surface area contributed by atoms with Crippen molar-refractivity contribution in [3.05, 3.63) is 41.0 Å². The Bertz CT molecular complexity index is 716. The highest BCUT2D eigenvalue weighted by molar-refractivity contribution is 5.33. The third kappa shape index (κ3) is 2.16. The molecule has 0 aromatic heterocycles. The summed E-state index contributed by atoms with van der Waals surface area (Å²) in [5.74, 6) is -6.65. The fourth-order valence-electron chi connectivity index (χ4n) is 3.50. The van der Waals surface area contributed by atoms with Gasteiger partial charge >= 0.3 is 6.11 Å². The number of benzene rings is 1. The Balaban J connectivity index is 2.01. The lowest BCUT2D eigenvalue weighted by atomic mass is 9.57. The first kappa shape index (κ1) is 17.2. The maximum Gasteiger partial charge on any atom is 0.410 e. The lowest BCUT2D eigenvalue weighted by molar-refractivity contribution is -0.271. The number of halogens is 6. The molecule has 0 atom stereocenters. The van der Waals surface area contributed by atoms with Gasteiger partial charge in [-0.25, -0.2) is 13.2 Å². The fraction of sp³-hybridized carbons (Fsp3) is 0.529. The van der Waals surface area contributed by atoms with E-state index in [0.717, 1.165) is 12.1 Å². The zero-order valence-corrected chi connectivity index (χ0v) is 13.2. The Labute approximate surface area is 135 Å². The van der Waals surface area contributed by atoms with Gasteiger partial charge in [0.25, 0.3) is 0 Å². The van der Waals surface area contributed by atoms with Crippen molar-refractivity contribution in [2.24, 2.45) is 10.8 Å². The topological polar surface area (TPSA) is 9.23 Å². The largest absolute Gasteiger partial charge is 0.429 e. The molecule has 1 aromatic carbocycles. The minimum absolute atomic E-state index is 0.0376. The summed E-state index contributed by atoms with van der Waals surface area (Å²) in [4.78, 5) is 0. The molecule has 0 heterocycles. The van der Waals surface area contributed by atoms with Crippen LogP contribution in [0.3, 0.4) is 0 Å². The highest BCUT2D eigenvalue weighted by Crippen LogP contribution is 2.65. The number of ether oxygens (including phenoxy) is 1. The van der Waals surface area contributed by atoms with E-state index in [1.807, 2.05) is 0 Å². The third-order valence-electron chi connectivity index (χ3n) is 5.39. The van der Waals surface area contributed by atoms with Crippen molar-refractivity contribution in [3.8, 4) is 5.75 Å². The number of aryl methyl sites for hydroxylation is 1. The second-order valence-electron chi connectivity index (χ2n) is 6.90. The Morgan fingerprint density at radius 3 is 2.08 bits per heavy atom. The molecule has 0 radical (unpaired) electrons. The number of allylic oxidation sites excluding steroid dienone is 1. The van der Waals surface area contributed by atoms with Gasteiger partial charge in [0.15, 0.2) is 11.6 Å². The molecule has 3 aliphatic carbocycles. The van der Waals surface area contributed by atoms with Crippen molar-refractivity contribution in [1.29, 1.82) is 0 Å². The molecule has 0 spiro atoms. The van der Waals surface area contributed by atoms with Gasteiger partial charge in [-0.2, -0.15) is 13.2 Å². The maximum atomic E-state index is 14.7. The highest BCUT2D eigenvalue weighted by Gasteiger charge is 2.67. The number of fused-ring (bicyclic) bond motifs is 2. The van der Waals surface area contributed by atoms with Crippen LogP contribution in [0.4, 0.5) is 26.3 Å². The SMILES string of the molecule is Cc1ccc(OC(F)(F)C23CCC(C)(CC2)C(F)=C3F)c(F)c1F. The summed E-state index contributed by atoms with van der Waals surface area (Å²) in [7, 11) is 0. The Kier molecular flexibility index (Phi) is 3.70. The summed E-state index contributed by atoms with van der Waals surface area (Å²) in [6.07, 6.45) is -4.79. The first-order chi connectivity index (χ1) is 11.0. The van der Waals surface area contributed by atoms with Gasteiger partial charge in [-0.3, -0.25) is 0 Å². The summed E-state index contributed by atoms with van der Waals surface area (Å²) in [5.41, 5.74) is -3.64. The molecule has 0 N–H and O–H groups in total. The maximum absolute atomic E-state index is 14.7. The summed E-state index contributed by atoms with van der Waals surface area (Å²) in [5, 5.41) is 0. The Morgan fingerprint density at radius 1 is 0.917 bits per heavy atom. The van der Waals surface area contributed by atoms with Crippen LogP contribution < -0.4 is 4.74 Å². The van der Waals surface area contributed by atoms with Crippen molar-refractivity contribution in [3.63, 3.8) is 0 Å². The lowest BCUT2D eigenvalue weighted by Crippen LogP contribution is -2.53. The van der Waals surface area contributed by atoms with E-state index < -0.39 is 46.0 Å². The van der Waals surface area contributed by atoms with Crippen molar-refractivity contribution >= 4 is 0 Å². The normalized spacial score (nSPS) is 30.0. The molecule has 4 rings (SSSR count). The number of alkyl halides is 2. The zero-order chi connectivity index (χ0) is 17.9. The van der Waals surface area contributed by atoms with Crippen LogP contribution >= 0.6 is 0 Å². The van der Waals surface area contributed by atoms with E-state index >= 15 is 0 Å². The molecule has 132 valence electrons. The molecule has 1 aromatic rings. The first-order valence-electron chi connectivity index (χ1n) is 7.62. The van der Waals surface area contributed by atoms with Crippen molar-refractivity contribution in [1.82, 2.24) is 0 Å². The summed E-state index contributed by atoms with van der Waals surface area (Å²) < 4.78 is 89.7. The van der Waals surface area contributed by atoms with Gasteiger partial charge < -0.3 is 4.74 Å². The first-order valence-corrected chi connectivity index (χ1v) is 7.62. The zero-order valence-electron chi connectivity index (χ0n) is 13.2. The second kappa shape index (κ2) is 5.17. The average Bonchev–Trinajstić information content (AvgIpc) is 2.53. The fourth-order valence-corrected chi connectivity index (χ4v) is 3.50. The van der Waals surface area contributed by atoms with Crippen molar-refractivity contribution in [2.75, 3.05) is 0 Å².